The number of hydrogen-bond acceptors (Lipinski definition) is 3. The summed E-state index contributed by atoms with van der Waals surface area (Å²) in [4.78, 5) is 17.5. The normalized spacial score (nSPS) is 30.4. The Bertz CT molecular complexity index is 486. The zero-order chi connectivity index (χ0) is 13.9. The highest BCUT2D eigenvalue weighted by Gasteiger charge is 2.35. The molecule has 20 heavy (non-hydrogen) atoms. The number of pyridine rings is 1. The van der Waals surface area contributed by atoms with Crippen LogP contribution >= 0.6 is 0 Å². The van der Waals surface area contributed by atoms with E-state index in [0.29, 0.717) is 5.78 Å². The molecule has 3 atom stereocenters. The van der Waals surface area contributed by atoms with Gasteiger partial charge in [0.15, 0.2) is 0 Å². The summed E-state index contributed by atoms with van der Waals surface area (Å²) in [6.07, 6.45) is 10.4. The molecule has 3 rings (SSSR count). The van der Waals surface area contributed by atoms with Gasteiger partial charge in [-0.2, -0.15) is 0 Å². The van der Waals surface area contributed by atoms with Crippen molar-refractivity contribution in [2.45, 2.75) is 63.3 Å². The van der Waals surface area contributed by atoms with E-state index in [1.807, 2.05) is 12.3 Å². The van der Waals surface area contributed by atoms with Gasteiger partial charge in [0.25, 0.3) is 0 Å². The minimum absolute atomic E-state index is 0.00546. The fourth-order valence-corrected chi connectivity index (χ4v) is 3.83. The molecule has 0 saturated heterocycles. The number of aryl methyl sites for hydroxylation is 1. The third kappa shape index (κ3) is 2.64. The minimum Gasteiger partial charge on any atom is -0.327 e. The van der Waals surface area contributed by atoms with Crippen molar-refractivity contribution in [2.75, 3.05) is 0 Å². The highest BCUT2D eigenvalue weighted by Crippen LogP contribution is 2.35. The molecule has 1 heterocycles. The summed E-state index contributed by atoms with van der Waals surface area (Å²) in [6, 6.07) is 4.15. The number of ketones is 1. The summed E-state index contributed by atoms with van der Waals surface area (Å²) >= 11 is 0. The smallest absolute Gasteiger partial charge is 0.146 e. The van der Waals surface area contributed by atoms with E-state index in [-0.39, 0.29) is 17.9 Å². The van der Waals surface area contributed by atoms with Gasteiger partial charge in [-0.25, -0.2) is 0 Å². The quantitative estimate of drug-likeness (QED) is 0.842. The lowest BCUT2D eigenvalue weighted by Gasteiger charge is -2.28. The zero-order valence-corrected chi connectivity index (χ0v) is 12.1. The fraction of sp³-hybridized carbons (Fsp3) is 0.647. The molecule has 108 valence electrons. The van der Waals surface area contributed by atoms with Crippen molar-refractivity contribution in [3.63, 3.8) is 0 Å². The number of fused-ring (bicyclic) bond motifs is 1. The summed E-state index contributed by atoms with van der Waals surface area (Å²) in [7, 11) is 0. The van der Waals surface area contributed by atoms with E-state index < -0.39 is 0 Å². The lowest BCUT2D eigenvalue weighted by molar-refractivity contribution is -0.125. The van der Waals surface area contributed by atoms with Crippen LogP contribution in [0.2, 0.25) is 0 Å². The molecule has 2 aliphatic rings. The lowest BCUT2D eigenvalue weighted by Crippen LogP contribution is -2.38. The molecule has 1 aromatic heterocycles. The Hall–Kier alpha value is -1.22. The predicted octanol–water partition coefficient (Wildman–Crippen LogP) is 2.98. The molecule has 1 fully saturated rings. The Morgan fingerprint density at radius 1 is 1.15 bits per heavy atom. The zero-order valence-electron chi connectivity index (χ0n) is 12.1. The van der Waals surface area contributed by atoms with E-state index in [0.717, 1.165) is 44.2 Å². The molecule has 0 amide bonds. The maximum atomic E-state index is 13.0. The van der Waals surface area contributed by atoms with Crippen LogP contribution in [0.15, 0.2) is 18.3 Å². The van der Waals surface area contributed by atoms with Crippen LogP contribution in [0.1, 0.15) is 62.1 Å². The van der Waals surface area contributed by atoms with Gasteiger partial charge in [-0.1, -0.05) is 25.3 Å². The van der Waals surface area contributed by atoms with Crippen molar-refractivity contribution in [1.82, 2.24) is 4.98 Å². The Morgan fingerprint density at radius 2 is 2.00 bits per heavy atom. The first-order chi connectivity index (χ1) is 9.77. The van der Waals surface area contributed by atoms with Gasteiger partial charge in [0.2, 0.25) is 0 Å². The first kappa shape index (κ1) is 13.7. The van der Waals surface area contributed by atoms with Crippen LogP contribution in [0.5, 0.6) is 0 Å². The van der Waals surface area contributed by atoms with Crippen LogP contribution < -0.4 is 5.73 Å². The molecule has 0 bridgehead atoms. The molecule has 1 aromatic rings. The highest BCUT2D eigenvalue weighted by atomic mass is 16.1. The van der Waals surface area contributed by atoms with Crippen LogP contribution in [0, 0.1) is 5.92 Å². The average molecular weight is 272 g/mol. The molecule has 1 saturated carbocycles. The second-order valence-corrected chi connectivity index (χ2v) is 6.30. The second kappa shape index (κ2) is 6.04. The molecular formula is C17H24N2O. The van der Waals surface area contributed by atoms with E-state index in [4.69, 9.17) is 5.73 Å². The Balaban J connectivity index is 1.84. The SMILES string of the molecule is NC1CCCCCC1C(=O)C1CCCc2cccnc21. The highest BCUT2D eigenvalue weighted by molar-refractivity contribution is 5.88. The Labute approximate surface area is 121 Å². The molecule has 2 N–H and O–H groups in total. The van der Waals surface area contributed by atoms with Crippen molar-refractivity contribution < 1.29 is 4.79 Å². The minimum atomic E-state index is -0.00546. The summed E-state index contributed by atoms with van der Waals surface area (Å²) in [5, 5.41) is 0. The summed E-state index contributed by atoms with van der Waals surface area (Å²) in [5.41, 5.74) is 8.56. The van der Waals surface area contributed by atoms with E-state index >= 15 is 0 Å². The molecular weight excluding hydrogens is 248 g/mol. The second-order valence-electron chi connectivity index (χ2n) is 6.30. The van der Waals surface area contributed by atoms with Crippen LogP contribution in [-0.4, -0.2) is 16.8 Å². The number of hydrogen-bond donors (Lipinski definition) is 1. The van der Waals surface area contributed by atoms with Crippen LogP contribution in [0.25, 0.3) is 0 Å². The number of Topliss-reactive ketones (excluding diaryl/α,β-unsaturated/α-hetero) is 1. The topological polar surface area (TPSA) is 56.0 Å². The van der Waals surface area contributed by atoms with Gasteiger partial charge >= 0.3 is 0 Å². The lowest BCUT2D eigenvalue weighted by atomic mass is 9.77. The third-order valence-corrected chi connectivity index (χ3v) is 4.97. The monoisotopic (exact) mass is 272 g/mol. The maximum Gasteiger partial charge on any atom is 0.146 e. The van der Waals surface area contributed by atoms with Gasteiger partial charge in [-0.3, -0.25) is 9.78 Å². The molecule has 2 aliphatic carbocycles. The first-order valence-corrected chi connectivity index (χ1v) is 8.00. The van der Waals surface area contributed by atoms with Crippen LogP contribution in [0.3, 0.4) is 0 Å². The summed E-state index contributed by atoms with van der Waals surface area (Å²) in [5.74, 6) is 0.406. The Morgan fingerprint density at radius 3 is 2.90 bits per heavy atom. The third-order valence-electron chi connectivity index (χ3n) is 4.97. The van der Waals surface area contributed by atoms with Crippen molar-refractivity contribution in [1.29, 1.82) is 0 Å². The largest absolute Gasteiger partial charge is 0.327 e. The van der Waals surface area contributed by atoms with Gasteiger partial charge in [0.05, 0.1) is 11.6 Å². The molecule has 0 spiro atoms. The molecule has 3 unspecified atom stereocenters. The number of carbonyl (C=O) groups excluding carboxylic acids is 1. The Kier molecular flexibility index (Phi) is 4.16. The number of aromatic nitrogens is 1. The number of nitrogens with two attached hydrogens (primary N) is 1. The summed E-state index contributed by atoms with van der Waals surface area (Å²) < 4.78 is 0. The van der Waals surface area contributed by atoms with Crippen molar-refractivity contribution in [3.05, 3.63) is 29.6 Å². The van der Waals surface area contributed by atoms with E-state index in [1.165, 1.54) is 18.4 Å². The van der Waals surface area contributed by atoms with Crippen molar-refractivity contribution in [3.8, 4) is 0 Å². The number of rotatable bonds is 2. The van der Waals surface area contributed by atoms with Crippen LogP contribution in [-0.2, 0) is 11.2 Å². The molecule has 0 radical (unpaired) electrons. The number of nitrogens with zero attached hydrogens (tertiary/aromatic N) is 1. The first-order valence-electron chi connectivity index (χ1n) is 8.00. The maximum absolute atomic E-state index is 13.0. The molecule has 3 nitrogen and oxygen atoms in total. The van der Waals surface area contributed by atoms with E-state index in [1.54, 1.807) is 0 Å². The molecule has 3 heteroatoms. The number of carbonyl (C=O) groups is 1. The van der Waals surface area contributed by atoms with E-state index in [2.05, 4.69) is 11.1 Å². The van der Waals surface area contributed by atoms with Crippen molar-refractivity contribution >= 4 is 5.78 Å². The average Bonchev–Trinajstić information content (AvgIpc) is 2.70. The predicted molar refractivity (Wildman–Crippen MR) is 79.5 cm³/mol. The summed E-state index contributed by atoms with van der Waals surface area (Å²) in [6.45, 7) is 0. The fourth-order valence-electron chi connectivity index (χ4n) is 3.83. The van der Waals surface area contributed by atoms with Gasteiger partial charge in [0.1, 0.15) is 5.78 Å². The molecule has 0 aromatic carbocycles. The van der Waals surface area contributed by atoms with Gasteiger partial charge in [0, 0.05) is 18.2 Å². The molecule has 0 aliphatic heterocycles. The van der Waals surface area contributed by atoms with E-state index in [9.17, 15) is 4.79 Å². The van der Waals surface area contributed by atoms with Crippen molar-refractivity contribution in [2.24, 2.45) is 11.7 Å². The van der Waals surface area contributed by atoms with Crippen LogP contribution in [0.4, 0.5) is 0 Å². The van der Waals surface area contributed by atoms with Gasteiger partial charge < -0.3 is 5.73 Å². The van der Waals surface area contributed by atoms with Gasteiger partial charge in [-0.15, -0.1) is 0 Å². The standard InChI is InChI=1S/C17H24N2O/c18-15-10-3-1-2-8-13(15)17(20)14-9-4-6-12-7-5-11-19-16(12)14/h5,7,11,13-15H,1-4,6,8-10,18H2. The van der Waals surface area contributed by atoms with Gasteiger partial charge in [-0.05, 0) is 43.7 Å².